The fraction of sp³-hybridized carbons (Fsp3) is 0.350. The largest absolute Gasteiger partial charge is 0.383 e. The van der Waals surface area contributed by atoms with Gasteiger partial charge in [-0.1, -0.05) is 15.9 Å². The van der Waals surface area contributed by atoms with Gasteiger partial charge in [0.05, 0.1) is 17.5 Å². The Morgan fingerprint density at radius 1 is 1.25 bits per heavy atom. The summed E-state index contributed by atoms with van der Waals surface area (Å²) >= 11 is 3.59. The van der Waals surface area contributed by atoms with Crippen molar-refractivity contribution in [2.45, 2.75) is 32.7 Å². The molecule has 7 nitrogen and oxygen atoms in total. The summed E-state index contributed by atoms with van der Waals surface area (Å²) in [5.74, 6) is -0.232. The number of amides is 1. The fourth-order valence-electron chi connectivity index (χ4n) is 4.06. The molecule has 1 aliphatic rings. The van der Waals surface area contributed by atoms with Crippen molar-refractivity contribution in [1.29, 1.82) is 0 Å². The van der Waals surface area contributed by atoms with Gasteiger partial charge in [-0.3, -0.25) is 9.78 Å². The first-order valence-electron chi connectivity index (χ1n) is 9.30. The summed E-state index contributed by atoms with van der Waals surface area (Å²) in [6, 6.07) is 6.43. The average molecular weight is 443 g/mol. The monoisotopic (exact) mass is 442 g/mol. The molecule has 2 aromatic heterocycles. The van der Waals surface area contributed by atoms with E-state index < -0.39 is 5.91 Å². The van der Waals surface area contributed by atoms with Crippen LogP contribution in [0.3, 0.4) is 0 Å². The molecule has 4 rings (SSSR count). The van der Waals surface area contributed by atoms with E-state index in [4.69, 9.17) is 16.5 Å². The molecule has 1 fully saturated rings. The molecule has 0 radical (unpaired) electrons. The maximum absolute atomic E-state index is 11.4. The first-order chi connectivity index (χ1) is 13.4. The van der Waals surface area contributed by atoms with Gasteiger partial charge < -0.3 is 20.9 Å². The normalized spacial score (nSPS) is 15.3. The minimum absolute atomic E-state index is 0.152. The molecule has 1 saturated heterocycles. The van der Waals surface area contributed by atoms with Crippen molar-refractivity contribution >= 4 is 44.2 Å². The van der Waals surface area contributed by atoms with Crippen LogP contribution in [0.25, 0.3) is 10.9 Å². The second-order valence-corrected chi connectivity index (χ2v) is 8.22. The van der Waals surface area contributed by atoms with Crippen LogP contribution < -0.4 is 16.4 Å². The number of hydrogen-bond acceptors (Lipinski definition) is 5. The topological polar surface area (TPSA) is 103 Å². The molecule has 0 spiro atoms. The SMILES string of the molecule is Cc1nc2ccc(Br)cc2c(N2CCC(n3cnc(C(N)=O)c3N)CC2)c1C. The number of nitrogens with zero attached hydrogens (tertiary/aromatic N) is 4. The van der Waals surface area contributed by atoms with Gasteiger partial charge in [-0.25, -0.2) is 4.98 Å². The van der Waals surface area contributed by atoms with E-state index in [-0.39, 0.29) is 11.7 Å². The number of carbonyl (C=O) groups excluding carboxylic acids is 1. The lowest BCUT2D eigenvalue weighted by molar-refractivity contribution is 0.0997. The van der Waals surface area contributed by atoms with Crippen LogP contribution in [-0.4, -0.2) is 33.5 Å². The third-order valence-electron chi connectivity index (χ3n) is 5.64. The highest BCUT2D eigenvalue weighted by Gasteiger charge is 2.26. The Morgan fingerprint density at radius 3 is 2.61 bits per heavy atom. The van der Waals surface area contributed by atoms with Gasteiger partial charge in [0.1, 0.15) is 5.82 Å². The number of carbonyl (C=O) groups is 1. The van der Waals surface area contributed by atoms with E-state index in [2.05, 4.69) is 51.8 Å². The van der Waals surface area contributed by atoms with Crippen molar-refractivity contribution in [3.8, 4) is 0 Å². The summed E-state index contributed by atoms with van der Waals surface area (Å²) in [5, 5.41) is 1.16. The number of piperidine rings is 1. The third-order valence-corrected chi connectivity index (χ3v) is 6.13. The first-order valence-corrected chi connectivity index (χ1v) is 10.1. The van der Waals surface area contributed by atoms with Crippen molar-refractivity contribution < 1.29 is 4.79 Å². The van der Waals surface area contributed by atoms with Crippen LogP contribution in [0.4, 0.5) is 11.5 Å². The summed E-state index contributed by atoms with van der Waals surface area (Å²) in [7, 11) is 0. The van der Waals surface area contributed by atoms with Crippen LogP contribution in [0.5, 0.6) is 0 Å². The third kappa shape index (κ3) is 3.11. The molecule has 3 aromatic rings. The molecule has 4 N–H and O–H groups in total. The quantitative estimate of drug-likeness (QED) is 0.647. The van der Waals surface area contributed by atoms with Crippen LogP contribution in [0.1, 0.15) is 40.6 Å². The Balaban J connectivity index is 1.63. The van der Waals surface area contributed by atoms with E-state index in [1.54, 1.807) is 6.33 Å². The molecule has 0 unspecified atom stereocenters. The molecule has 8 heteroatoms. The Kier molecular flexibility index (Phi) is 4.74. The molecule has 0 saturated carbocycles. The number of nitrogens with two attached hydrogens (primary N) is 2. The summed E-state index contributed by atoms with van der Waals surface area (Å²) < 4.78 is 2.93. The molecule has 0 atom stereocenters. The van der Waals surface area contributed by atoms with Crippen LogP contribution in [0.15, 0.2) is 29.0 Å². The van der Waals surface area contributed by atoms with E-state index in [0.29, 0.717) is 5.82 Å². The number of aryl methyl sites for hydroxylation is 1. The molecular formula is C20H23BrN6O. The molecule has 1 aromatic carbocycles. The molecule has 0 bridgehead atoms. The summed E-state index contributed by atoms with van der Waals surface area (Å²) in [4.78, 5) is 22.7. The van der Waals surface area contributed by atoms with Gasteiger partial charge in [0.15, 0.2) is 5.69 Å². The van der Waals surface area contributed by atoms with Crippen LogP contribution in [-0.2, 0) is 0 Å². The zero-order valence-electron chi connectivity index (χ0n) is 15.9. The number of benzene rings is 1. The number of halogens is 1. The van der Waals surface area contributed by atoms with Crippen molar-refractivity contribution in [2.75, 3.05) is 23.7 Å². The van der Waals surface area contributed by atoms with Crippen molar-refractivity contribution in [2.24, 2.45) is 5.73 Å². The number of primary amides is 1. The first kappa shape index (κ1) is 18.7. The zero-order chi connectivity index (χ0) is 20.0. The minimum atomic E-state index is -0.589. The van der Waals surface area contributed by atoms with E-state index in [0.717, 1.165) is 47.0 Å². The summed E-state index contributed by atoms with van der Waals surface area (Å²) in [6.45, 7) is 5.97. The Morgan fingerprint density at radius 2 is 1.96 bits per heavy atom. The average Bonchev–Trinajstić information content (AvgIpc) is 3.05. The van der Waals surface area contributed by atoms with Crippen molar-refractivity contribution in [3.05, 3.63) is 46.0 Å². The number of nitrogen functional groups attached to an aromatic ring is 1. The predicted octanol–water partition coefficient (Wildman–Crippen LogP) is 3.33. The van der Waals surface area contributed by atoms with Crippen LogP contribution in [0.2, 0.25) is 0 Å². The van der Waals surface area contributed by atoms with E-state index in [1.165, 1.54) is 11.3 Å². The summed E-state index contributed by atoms with van der Waals surface area (Å²) in [5.41, 5.74) is 16.1. The lowest BCUT2D eigenvalue weighted by atomic mass is 10.0. The van der Waals surface area contributed by atoms with Gasteiger partial charge in [-0.2, -0.15) is 0 Å². The molecule has 3 heterocycles. The van der Waals surface area contributed by atoms with Gasteiger partial charge in [0.2, 0.25) is 0 Å². The highest BCUT2D eigenvalue weighted by Crippen LogP contribution is 2.36. The lowest BCUT2D eigenvalue weighted by Gasteiger charge is -2.36. The minimum Gasteiger partial charge on any atom is -0.383 e. The Hall–Kier alpha value is -2.61. The second-order valence-electron chi connectivity index (χ2n) is 7.30. The van der Waals surface area contributed by atoms with Crippen molar-refractivity contribution in [1.82, 2.24) is 14.5 Å². The molecular weight excluding hydrogens is 420 g/mol. The fourth-order valence-corrected chi connectivity index (χ4v) is 4.42. The van der Waals surface area contributed by atoms with E-state index >= 15 is 0 Å². The molecule has 146 valence electrons. The number of aromatic nitrogens is 3. The number of rotatable bonds is 3. The second kappa shape index (κ2) is 7.09. The number of hydrogen-bond donors (Lipinski definition) is 2. The number of pyridine rings is 1. The maximum atomic E-state index is 11.4. The molecule has 0 aliphatic carbocycles. The van der Waals surface area contributed by atoms with Crippen LogP contribution >= 0.6 is 15.9 Å². The predicted molar refractivity (Wildman–Crippen MR) is 115 cm³/mol. The van der Waals surface area contributed by atoms with Gasteiger partial charge in [-0.05, 0) is 50.5 Å². The standard InChI is InChI=1S/C20H23BrN6O/c1-11-12(2)25-16-4-3-13(21)9-15(16)18(11)26-7-5-14(6-8-26)27-10-24-17(19(27)22)20(23)28/h3-4,9-10,14H,5-8,22H2,1-2H3,(H2,23,28). The smallest absolute Gasteiger partial charge is 0.271 e. The Labute approximate surface area is 171 Å². The molecule has 28 heavy (non-hydrogen) atoms. The number of anilines is 2. The van der Waals surface area contributed by atoms with Crippen LogP contribution in [0, 0.1) is 13.8 Å². The van der Waals surface area contributed by atoms with E-state index in [1.807, 2.05) is 10.6 Å². The lowest BCUT2D eigenvalue weighted by Crippen LogP contribution is -2.35. The van der Waals surface area contributed by atoms with E-state index in [9.17, 15) is 4.79 Å². The summed E-state index contributed by atoms with van der Waals surface area (Å²) in [6.07, 6.45) is 3.45. The maximum Gasteiger partial charge on any atom is 0.271 e. The zero-order valence-corrected chi connectivity index (χ0v) is 17.5. The highest BCUT2D eigenvalue weighted by atomic mass is 79.9. The Bertz CT molecular complexity index is 1070. The number of imidazole rings is 1. The van der Waals surface area contributed by atoms with Gasteiger partial charge >= 0.3 is 0 Å². The number of fused-ring (bicyclic) bond motifs is 1. The van der Waals surface area contributed by atoms with Crippen molar-refractivity contribution in [3.63, 3.8) is 0 Å². The highest BCUT2D eigenvalue weighted by molar-refractivity contribution is 9.10. The molecule has 1 amide bonds. The van der Waals surface area contributed by atoms with Gasteiger partial charge in [0.25, 0.3) is 5.91 Å². The van der Waals surface area contributed by atoms with Gasteiger partial charge in [0, 0.05) is 34.7 Å². The van der Waals surface area contributed by atoms with Gasteiger partial charge in [-0.15, -0.1) is 0 Å². The molecule has 1 aliphatic heterocycles.